The van der Waals surface area contributed by atoms with Crippen LogP contribution in [0.2, 0.25) is 0 Å². The molecule has 2 aromatic rings. The third kappa shape index (κ3) is 7.68. The number of rotatable bonds is 7. The van der Waals surface area contributed by atoms with Crippen LogP contribution >= 0.6 is 24.0 Å². The lowest BCUT2D eigenvalue weighted by atomic mass is 10.0. The summed E-state index contributed by atoms with van der Waals surface area (Å²) in [5.41, 5.74) is -0.0694. The van der Waals surface area contributed by atoms with Crippen molar-refractivity contribution >= 4 is 35.8 Å². The van der Waals surface area contributed by atoms with Gasteiger partial charge in [0.05, 0.1) is 13.1 Å². The first-order valence-corrected chi connectivity index (χ1v) is 11.0. The summed E-state index contributed by atoms with van der Waals surface area (Å²) in [6.45, 7) is 9.34. The van der Waals surface area contributed by atoms with E-state index in [9.17, 15) is 5.11 Å². The van der Waals surface area contributed by atoms with Gasteiger partial charge in [-0.25, -0.2) is 9.98 Å². The summed E-state index contributed by atoms with van der Waals surface area (Å²) in [5.74, 6) is 3.02. The van der Waals surface area contributed by atoms with Crippen molar-refractivity contribution in [2.45, 2.75) is 58.6 Å². The zero-order chi connectivity index (χ0) is 21.4. The fraction of sp³-hybridized carbons (Fsp3) is 0.565. The van der Waals surface area contributed by atoms with Gasteiger partial charge in [-0.15, -0.1) is 24.0 Å². The van der Waals surface area contributed by atoms with E-state index in [0.29, 0.717) is 18.3 Å². The minimum atomic E-state index is -1.12. The number of nitrogens with one attached hydrogen (secondary N) is 2. The number of hydrogen-bond acceptors (Lipinski definition) is 5. The minimum absolute atomic E-state index is 0. The second kappa shape index (κ2) is 12.3. The van der Waals surface area contributed by atoms with Crippen LogP contribution in [0.5, 0.6) is 0 Å². The Hall–Kier alpha value is -1.81. The van der Waals surface area contributed by atoms with Gasteiger partial charge in [-0.2, -0.15) is 0 Å². The molecule has 0 saturated carbocycles. The summed E-state index contributed by atoms with van der Waals surface area (Å²) >= 11 is 0. The van der Waals surface area contributed by atoms with Crippen LogP contribution in [0.25, 0.3) is 0 Å². The number of aliphatic imine (C=N–C) groups is 1. The maximum atomic E-state index is 10.7. The minimum Gasteiger partial charge on any atom is -0.463 e. The Morgan fingerprint density at radius 3 is 2.48 bits per heavy atom. The van der Waals surface area contributed by atoms with Crippen molar-refractivity contribution in [3.8, 4) is 0 Å². The number of aliphatic hydroxyl groups is 1. The molecule has 1 fully saturated rings. The highest BCUT2D eigenvalue weighted by molar-refractivity contribution is 14.0. The largest absolute Gasteiger partial charge is 0.463 e. The first kappa shape index (κ1) is 25.5. The molecule has 1 aliphatic heterocycles. The summed E-state index contributed by atoms with van der Waals surface area (Å²) in [5, 5.41) is 17.2. The van der Waals surface area contributed by atoms with E-state index in [1.54, 1.807) is 13.0 Å². The molecule has 172 valence electrons. The Morgan fingerprint density at radius 2 is 1.90 bits per heavy atom. The molecule has 1 aliphatic rings. The van der Waals surface area contributed by atoms with Crippen molar-refractivity contribution in [2.24, 2.45) is 4.99 Å². The fourth-order valence-electron chi connectivity index (χ4n) is 3.58. The Labute approximate surface area is 202 Å². The first-order valence-electron chi connectivity index (χ1n) is 11.0. The predicted molar refractivity (Wildman–Crippen MR) is 136 cm³/mol. The topological polar surface area (TPSA) is 85.9 Å². The van der Waals surface area contributed by atoms with E-state index in [2.05, 4.69) is 37.6 Å². The maximum Gasteiger partial charge on any atom is 0.191 e. The Bertz CT molecular complexity index is 812. The van der Waals surface area contributed by atoms with Gasteiger partial charge in [0.25, 0.3) is 0 Å². The summed E-state index contributed by atoms with van der Waals surface area (Å²) in [6, 6.07) is 7.85. The number of furan rings is 1. The normalized spacial score (nSPS) is 16.8. The van der Waals surface area contributed by atoms with Crippen LogP contribution in [0.3, 0.4) is 0 Å². The summed E-state index contributed by atoms with van der Waals surface area (Å²) in [7, 11) is 0. The summed E-state index contributed by atoms with van der Waals surface area (Å²) < 4.78 is 5.58. The van der Waals surface area contributed by atoms with Crippen LogP contribution in [-0.2, 0) is 12.1 Å². The predicted octanol–water partition coefficient (Wildman–Crippen LogP) is 3.94. The Balaban J connectivity index is 0.00000341. The molecule has 7 nitrogen and oxygen atoms in total. The van der Waals surface area contributed by atoms with Gasteiger partial charge in [-0.1, -0.05) is 18.9 Å². The van der Waals surface area contributed by atoms with Crippen LogP contribution in [0.4, 0.5) is 5.82 Å². The van der Waals surface area contributed by atoms with Crippen LogP contribution in [0, 0.1) is 6.92 Å². The number of hydrogen-bond donors (Lipinski definition) is 3. The van der Waals surface area contributed by atoms with E-state index in [4.69, 9.17) is 4.42 Å². The van der Waals surface area contributed by atoms with Crippen molar-refractivity contribution in [3.63, 3.8) is 0 Å². The molecule has 3 rings (SSSR count). The van der Waals surface area contributed by atoms with E-state index in [1.807, 2.05) is 26.1 Å². The van der Waals surface area contributed by atoms with Gasteiger partial charge in [0.2, 0.25) is 0 Å². The smallest absolute Gasteiger partial charge is 0.191 e. The quantitative estimate of drug-likeness (QED) is 0.280. The SMILES string of the molecule is CCNC(=NCc1ccc(N2CCCCCC2)nc1)NCC(C)(O)c1ccc(C)o1.I. The zero-order valence-electron chi connectivity index (χ0n) is 18.9. The molecule has 0 amide bonds. The van der Waals surface area contributed by atoms with Gasteiger partial charge in [-0.3, -0.25) is 0 Å². The zero-order valence-corrected chi connectivity index (χ0v) is 21.2. The second-order valence-electron chi connectivity index (χ2n) is 8.16. The van der Waals surface area contributed by atoms with Crippen LogP contribution in [0.1, 0.15) is 56.6 Å². The number of pyridine rings is 1. The van der Waals surface area contributed by atoms with Crippen LogP contribution < -0.4 is 15.5 Å². The van der Waals surface area contributed by atoms with Gasteiger partial charge >= 0.3 is 0 Å². The number of aryl methyl sites for hydroxylation is 1. The molecule has 0 bridgehead atoms. The molecule has 2 aromatic heterocycles. The molecule has 0 spiro atoms. The lowest BCUT2D eigenvalue weighted by molar-refractivity contribution is 0.0378. The average Bonchev–Trinajstić information content (AvgIpc) is 3.01. The van der Waals surface area contributed by atoms with Crippen molar-refractivity contribution in [1.29, 1.82) is 0 Å². The summed E-state index contributed by atoms with van der Waals surface area (Å²) in [6.07, 6.45) is 7.03. The molecule has 3 heterocycles. The van der Waals surface area contributed by atoms with Crippen LogP contribution in [-0.4, -0.2) is 42.2 Å². The number of aromatic nitrogens is 1. The molecule has 0 aromatic carbocycles. The van der Waals surface area contributed by atoms with E-state index >= 15 is 0 Å². The van der Waals surface area contributed by atoms with Crippen molar-refractivity contribution in [2.75, 3.05) is 31.1 Å². The van der Waals surface area contributed by atoms with Crippen molar-refractivity contribution in [3.05, 3.63) is 47.5 Å². The van der Waals surface area contributed by atoms with E-state index in [1.165, 1.54) is 25.7 Å². The first-order chi connectivity index (χ1) is 14.5. The monoisotopic (exact) mass is 541 g/mol. The lowest BCUT2D eigenvalue weighted by Gasteiger charge is -2.23. The van der Waals surface area contributed by atoms with E-state index in [-0.39, 0.29) is 30.5 Å². The van der Waals surface area contributed by atoms with E-state index in [0.717, 1.165) is 36.8 Å². The Morgan fingerprint density at radius 1 is 1.16 bits per heavy atom. The third-order valence-corrected chi connectivity index (χ3v) is 5.37. The summed E-state index contributed by atoms with van der Waals surface area (Å²) in [4.78, 5) is 11.7. The molecule has 0 aliphatic carbocycles. The molecule has 1 saturated heterocycles. The highest BCUT2D eigenvalue weighted by atomic mass is 127. The molecule has 1 unspecified atom stereocenters. The second-order valence-corrected chi connectivity index (χ2v) is 8.16. The van der Waals surface area contributed by atoms with Gasteiger partial charge in [0.15, 0.2) is 5.96 Å². The van der Waals surface area contributed by atoms with Gasteiger partial charge in [0, 0.05) is 25.8 Å². The number of halogens is 1. The highest BCUT2D eigenvalue weighted by Crippen LogP contribution is 2.22. The highest BCUT2D eigenvalue weighted by Gasteiger charge is 2.27. The number of anilines is 1. The molecule has 3 N–H and O–H groups in total. The standard InChI is InChI=1S/C23H35N5O2.HI/c1-4-24-22(27-17-23(3,29)20-11-9-18(2)30-20)26-16-19-10-12-21(25-15-19)28-13-7-5-6-8-14-28;/h9-12,15,29H,4-8,13-14,16-17H2,1-3H3,(H2,24,26,27);1H. The van der Waals surface area contributed by atoms with E-state index < -0.39 is 5.60 Å². The van der Waals surface area contributed by atoms with Crippen LogP contribution in [0.15, 0.2) is 39.9 Å². The molecule has 0 radical (unpaired) electrons. The molecular weight excluding hydrogens is 505 g/mol. The average molecular weight is 541 g/mol. The number of guanidine groups is 1. The lowest BCUT2D eigenvalue weighted by Crippen LogP contribution is -2.44. The Kier molecular flexibility index (Phi) is 10.1. The third-order valence-electron chi connectivity index (χ3n) is 5.37. The van der Waals surface area contributed by atoms with Gasteiger partial charge in [-0.05, 0) is 57.4 Å². The number of nitrogens with zero attached hydrogens (tertiary/aromatic N) is 3. The van der Waals surface area contributed by atoms with Gasteiger partial charge < -0.3 is 25.1 Å². The van der Waals surface area contributed by atoms with Crippen molar-refractivity contribution in [1.82, 2.24) is 15.6 Å². The van der Waals surface area contributed by atoms with Crippen molar-refractivity contribution < 1.29 is 9.52 Å². The van der Waals surface area contributed by atoms with Gasteiger partial charge in [0.1, 0.15) is 22.9 Å². The molecule has 1 atom stereocenters. The molecule has 8 heteroatoms. The fourth-order valence-corrected chi connectivity index (χ4v) is 3.58. The maximum absolute atomic E-state index is 10.7. The molecular formula is C23H36IN5O2. The molecule has 31 heavy (non-hydrogen) atoms.